The number of carbonyl (C=O) groups is 1. The predicted octanol–water partition coefficient (Wildman–Crippen LogP) is 3.33. The zero-order valence-electron chi connectivity index (χ0n) is 12.7. The summed E-state index contributed by atoms with van der Waals surface area (Å²) in [6, 6.07) is 13.1. The van der Waals surface area contributed by atoms with Crippen LogP contribution in [-0.2, 0) is 0 Å². The van der Waals surface area contributed by atoms with E-state index in [2.05, 4.69) is 0 Å². The van der Waals surface area contributed by atoms with E-state index in [4.69, 9.17) is 13.9 Å². The Bertz CT molecular complexity index is 940. The number of fused-ring (bicyclic) bond motifs is 1. The highest BCUT2D eigenvalue weighted by molar-refractivity contribution is 5.94. The third kappa shape index (κ3) is 2.94. The van der Waals surface area contributed by atoms with Gasteiger partial charge in [-0.2, -0.15) is 0 Å². The molecule has 1 aromatic heterocycles. The van der Waals surface area contributed by atoms with Gasteiger partial charge in [0.2, 0.25) is 0 Å². The van der Waals surface area contributed by atoms with Gasteiger partial charge in [-0.05, 0) is 36.8 Å². The molecule has 0 aliphatic rings. The SMILES string of the molecule is COc1ccccc1C(=O)Oc1ccc2c(C)cc(=O)oc2c1. The van der Waals surface area contributed by atoms with Crippen LogP contribution in [0, 0.1) is 6.92 Å². The number of esters is 1. The van der Waals surface area contributed by atoms with E-state index in [-0.39, 0.29) is 0 Å². The Kier molecular flexibility index (Phi) is 3.85. The van der Waals surface area contributed by atoms with Crippen molar-refractivity contribution in [3.63, 3.8) is 0 Å². The number of methoxy groups -OCH3 is 1. The van der Waals surface area contributed by atoms with Crippen LogP contribution >= 0.6 is 0 Å². The summed E-state index contributed by atoms with van der Waals surface area (Å²) in [6.45, 7) is 1.82. The lowest BCUT2D eigenvalue weighted by molar-refractivity contribution is 0.0731. The lowest BCUT2D eigenvalue weighted by Gasteiger charge is -2.09. The Morgan fingerprint density at radius 1 is 1.09 bits per heavy atom. The summed E-state index contributed by atoms with van der Waals surface area (Å²) in [6.07, 6.45) is 0. The maximum atomic E-state index is 12.3. The van der Waals surface area contributed by atoms with Crippen LogP contribution in [0.5, 0.6) is 11.5 Å². The van der Waals surface area contributed by atoms with Crippen molar-refractivity contribution < 1.29 is 18.7 Å². The standard InChI is InChI=1S/C18H14O5/c1-11-9-17(19)23-16-10-12(7-8-13(11)16)22-18(20)14-5-3-4-6-15(14)21-2/h3-10H,1-2H3. The zero-order valence-corrected chi connectivity index (χ0v) is 12.7. The van der Waals surface area contributed by atoms with Crippen molar-refractivity contribution in [2.24, 2.45) is 0 Å². The van der Waals surface area contributed by atoms with E-state index in [1.165, 1.54) is 19.2 Å². The van der Waals surface area contributed by atoms with Crippen molar-refractivity contribution in [1.29, 1.82) is 0 Å². The maximum absolute atomic E-state index is 12.3. The molecule has 0 amide bonds. The lowest BCUT2D eigenvalue weighted by Crippen LogP contribution is -2.10. The van der Waals surface area contributed by atoms with Crippen LogP contribution in [0.25, 0.3) is 11.0 Å². The smallest absolute Gasteiger partial charge is 0.347 e. The van der Waals surface area contributed by atoms with Gasteiger partial charge in [0, 0.05) is 17.5 Å². The van der Waals surface area contributed by atoms with Crippen LogP contribution in [0.1, 0.15) is 15.9 Å². The second kappa shape index (κ2) is 5.96. The number of aryl methyl sites for hydroxylation is 1. The highest BCUT2D eigenvalue weighted by Gasteiger charge is 2.14. The van der Waals surface area contributed by atoms with E-state index in [1.807, 2.05) is 6.92 Å². The summed E-state index contributed by atoms with van der Waals surface area (Å²) >= 11 is 0. The van der Waals surface area contributed by atoms with Crippen molar-refractivity contribution >= 4 is 16.9 Å². The average Bonchev–Trinajstić information content (AvgIpc) is 2.54. The Morgan fingerprint density at radius 2 is 1.87 bits per heavy atom. The molecule has 0 aliphatic carbocycles. The van der Waals surface area contributed by atoms with E-state index in [1.54, 1.807) is 36.4 Å². The number of carbonyl (C=O) groups excluding carboxylic acids is 1. The number of ether oxygens (including phenoxy) is 2. The number of benzene rings is 2. The van der Waals surface area contributed by atoms with Crippen molar-refractivity contribution in [3.05, 3.63) is 70.1 Å². The van der Waals surface area contributed by atoms with Crippen LogP contribution in [0.2, 0.25) is 0 Å². The molecule has 0 fully saturated rings. The number of hydrogen-bond acceptors (Lipinski definition) is 5. The maximum Gasteiger partial charge on any atom is 0.347 e. The van der Waals surface area contributed by atoms with Crippen LogP contribution in [0.3, 0.4) is 0 Å². The summed E-state index contributed by atoms with van der Waals surface area (Å²) in [7, 11) is 1.49. The van der Waals surface area contributed by atoms with Crippen LogP contribution in [-0.4, -0.2) is 13.1 Å². The van der Waals surface area contributed by atoms with Gasteiger partial charge in [0.1, 0.15) is 22.6 Å². The minimum atomic E-state index is -0.545. The summed E-state index contributed by atoms with van der Waals surface area (Å²) in [5.74, 6) is 0.180. The molecule has 0 aliphatic heterocycles. The highest BCUT2D eigenvalue weighted by atomic mass is 16.5. The topological polar surface area (TPSA) is 65.7 Å². The van der Waals surface area contributed by atoms with Gasteiger partial charge in [0.15, 0.2) is 0 Å². The largest absolute Gasteiger partial charge is 0.496 e. The zero-order chi connectivity index (χ0) is 16.4. The lowest BCUT2D eigenvalue weighted by atomic mass is 10.1. The highest BCUT2D eigenvalue weighted by Crippen LogP contribution is 2.24. The number of rotatable bonds is 3. The quantitative estimate of drug-likeness (QED) is 0.422. The van der Waals surface area contributed by atoms with Gasteiger partial charge >= 0.3 is 11.6 Å². The first-order chi connectivity index (χ1) is 11.1. The molecule has 5 nitrogen and oxygen atoms in total. The molecule has 0 atom stereocenters. The number of hydrogen-bond donors (Lipinski definition) is 0. The molecule has 23 heavy (non-hydrogen) atoms. The molecule has 5 heteroatoms. The first-order valence-electron chi connectivity index (χ1n) is 6.98. The van der Waals surface area contributed by atoms with Crippen molar-refractivity contribution in [1.82, 2.24) is 0 Å². The van der Waals surface area contributed by atoms with E-state index < -0.39 is 11.6 Å². The molecule has 1 heterocycles. The monoisotopic (exact) mass is 310 g/mol. The Labute approximate surface area is 132 Å². The minimum Gasteiger partial charge on any atom is -0.496 e. The predicted molar refractivity (Wildman–Crippen MR) is 85.2 cm³/mol. The van der Waals surface area contributed by atoms with Crippen LogP contribution < -0.4 is 15.1 Å². The molecule has 0 saturated carbocycles. The summed E-state index contributed by atoms with van der Waals surface area (Å²) in [5.41, 5.74) is 1.06. The molecular formula is C18H14O5. The third-order valence-electron chi connectivity index (χ3n) is 3.46. The van der Waals surface area contributed by atoms with Crippen molar-refractivity contribution in [2.45, 2.75) is 6.92 Å². The minimum absolute atomic E-state index is 0.294. The van der Waals surface area contributed by atoms with E-state index >= 15 is 0 Å². The van der Waals surface area contributed by atoms with Gasteiger partial charge in [-0.25, -0.2) is 9.59 Å². The summed E-state index contributed by atoms with van der Waals surface area (Å²) in [5, 5.41) is 0.793. The van der Waals surface area contributed by atoms with E-state index in [9.17, 15) is 9.59 Å². The summed E-state index contributed by atoms with van der Waals surface area (Å²) in [4.78, 5) is 23.7. The second-order valence-electron chi connectivity index (χ2n) is 5.00. The molecule has 0 radical (unpaired) electrons. The Morgan fingerprint density at radius 3 is 2.65 bits per heavy atom. The fourth-order valence-corrected chi connectivity index (χ4v) is 2.34. The van der Waals surface area contributed by atoms with Crippen molar-refractivity contribution in [3.8, 4) is 11.5 Å². The first kappa shape index (κ1) is 14.8. The fraction of sp³-hybridized carbons (Fsp3) is 0.111. The van der Waals surface area contributed by atoms with Crippen LogP contribution in [0.15, 0.2) is 57.7 Å². The molecule has 3 rings (SSSR count). The van der Waals surface area contributed by atoms with Gasteiger partial charge in [0.05, 0.1) is 7.11 Å². The van der Waals surface area contributed by atoms with Crippen LogP contribution in [0.4, 0.5) is 0 Å². The Hall–Kier alpha value is -3.08. The van der Waals surface area contributed by atoms with E-state index in [0.717, 1.165) is 10.9 Å². The normalized spacial score (nSPS) is 10.5. The third-order valence-corrected chi connectivity index (χ3v) is 3.46. The second-order valence-corrected chi connectivity index (χ2v) is 5.00. The molecule has 3 aromatic rings. The van der Waals surface area contributed by atoms with Crippen molar-refractivity contribution in [2.75, 3.05) is 7.11 Å². The van der Waals surface area contributed by atoms with Gasteiger partial charge in [-0.15, -0.1) is 0 Å². The molecule has 0 unspecified atom stereocenters. The molecule has 0 bridgehead atoms. The first-order valence-corrected chi connectivity index (χ1v) is 6.98. The Balaban J connectivity index is 1.95. The molecule has 0 N–H and O–H groups in total. The van der Waals surface area contributed by atoms with Gasteiger partial charge < -0.3 is 13.9 Å². The van der Waals surface area contributed by atoms with E-state index in [0.29, 0.717) is 22.6 Å². The summed E-state index contributed by atoms with van der Waals surface area (Å²) < 4.78 is 15.6. The molecular weight excluding hydrogens is 296 g/mol. The molecule has 0 saturated heterocycles. The van der Waals surface area contributed by atoms with Gasteiger partial charge in [-0.3, -0.25) is 0 Å². The van der Waals surface area contributed by atoms with Gasteiger partial charge in [0.25, 0.3) is 0 Å². The van der Waals surface area contributed by atoms with Gasteiger partial charge in [-0.1, -0.05) is 12.1 Å². The molecule has 116 valence electrons. The molecule has 2 aromatic carbocycles. The number of para-hydroxylation sites is 1. The molecule has 0 spiro atoms. The fourth-order valence-electron chi connectivity index (χ4n) is 2.34. The average molecular weight is 310 g/mol.